The average Bonchev–Trinajstić information content (AvgIpc) is 3.33. The van der Waals surface area contributed by atoms with Crippen molar-refractivity contribution in [2.75, 3.05) is 13.2 Å². The highest BCUT2D eigenvalue weighted by molar-refractivity contribution is 6.30. The van der Waals surface area contributed by atoms with Crippen molar-refractivity contribution in [1.82, 2.24) is 16.0 Å². The molecule has 0 bridgehead atoms. The number of carbonyl (C=O) groups is 3. The highest BCUT2D eigenvalue weighted by atomic mass is 35.5. The Hall–Kier alpha value is -3.10. The highest BCUT2D eigenvalue weighted by Crippen LogP contribution is 2.40. The van der Waals surface area contributed by atoms with E-state index in [-0.39, 0.29) is 18.4 Å². The van der Waals surface area contributed by atoms with Crippen LogP contribution in [0.3, 0.4) is 0 Å². The van der Waals surface area contributed by atoms with Gasteiger partial charge in [0.2, 0.25) is 11.8 Å². The van der Waals surface area contributed by atoms with E-state index in [0.29, 0.717) is 37.3 Å². The van der Waals surface area contributed by atoms with Gasteiger partial charge in [0, 0.05) is 22.9 Å². The first-order chi connectivity index (χ1) is 18.6. The molecule has 0 radical (unpaired) electrons. The molecule has 2 aromatic carbocycles. The first-order valence-electron chi connectivity index (χ1n) is 13.6. The van der Waals surface area contributed by atoms with Crippen LogP contribution in [0.1, 0.15) is 70.1 Å². The van der Waals surface area contributed by atoms with Gasteiger partial charge in [0.05, 0.1) is 12.6 Å². The quantitative estimate of drug-likeness (QED) is 0.286. The van der Waals surface area contributed by atoms with Crippen molar-refractivity contribution in [3.63, 3.8) is 0 Å². The Labute approximate surface area is 235 Å². The van der Waals surface area contributed by atoms with Gasteiger partial charge in [-0.25, -0.2) is 4.79 Å². The summed E-state index contributed by atoms with van der Waals surface area (Å²) in [6.07, 6.45) is 1.57. The van der Waals surface area contributed by atoms with E-state index >= 15 is 0 Å². The van der Waals surface area contributed by atoms with Gasteiger partial charge in [-0.3, -0.25) is 9.59 Å². The standard InChI is InChI=1S/C30H40ClN3O5/c1-4-5-14-25(28(37)33-24(19-35)17-21-15-16-32-27(21)36)34-29(38)39-26(20-10-7-6-8-11-20)30(2,3)22-12-9-13-23(31)18-22/h6-13,18,21,24-26,35H,4-5,14-17,19H2,1-3H3,(H,32,36)(H,33,37)(H,34,38)/t21-,24-,25-,26?/m0/s1. The minimum absolute atomic E-state index is 0.0683. The Kier molecular flexibility index (Phi) is 11.2. The van der Waals surface area contributed by atoms with Crippen molar-refractivity contribution in [2.24, 2.45) is 5.92 Å². The van der Waals surface area contributed by atoms with Crippen LogP contribution in [0, 0.1) is 5.92 Å². The van der Waals surface area contributed by atoms with Gasteiger partial charge in [-0.15, -0.1) is 0 Å². The van der Waals surface area contributed by atoms with E-state index < -0.39 is 35.6 Å². The van der Waals surface area contributed by atoms with E-state index in [1.807, 2.05) is 69.3 Å². The van der Waals surface area contributed by atoms with E-state index in [2.05, 4.69) is 16.0 Å². The number of halogens is 1. The largest absolute Gasteiger partial charge is 0.440 e. The van der Waals surface area contributed by atoms with Gasteiger partial charge >= 0.3 is 6.09 Å². The van der Waals surface area contributed by atoms with Crippen LogP contribution in [0.5, 0.6) is 0 Å². The number of aliphatic hydroxyl groups is 1. The van der Waals surface area contributed by atoms with Crippen molar-refractivity contribution < 1.29 is 24.2 Å². The molecule has 8 nitrogen and oxygen atoms in total. The van der Waals surface area contributed by atoms with E-state index in [1.54, 1.807) is 6.07 Å². The molecule has 1 fully saturated rings. The Morgan fingerprint density at radius 1 is 1.15 bits per heavy atom. The molecular formula is C30H40ClN3O5. The Morgan fingerprint density at radius 2 is 1.90 bits per heavy atom. The van der Waals surface area contributed by atoms with E-state index in [9.17, 15) is 19.5 Å². The van der Waals surface area contributed by atoms with Crippen molar-refractivity contribution in [2.45, 2.75) is 76.5 Å². The highest BCUT2D eigenvalue weighted by Gasteiger charge is 2.37. The first kappa shape index (κ1) is 30.4. The molecule has 2 aromatic rings. The maximum Gasteiger partial charge on any atom is 0.408 e. The zero-order valence-electron chi connectivity index (χ0n) is 22.9. The number of ether oxygens (including phenoxy) is 1. The van der Waals surface area contributed by atoms with Crippen LogP contribution < -0.4 is 16.0 Å². The molecule has 39 heavy (non-hydrogen) atoms. The van der Waals surface area contributed by atoms with Gasteiger partial charge in [-0.1, -0.05) is 87.7 Å². The number of unbranched alkanes of at least 4 members (excludes halogenated alkanes) is 1. The number of amides is 3. The first-order valence-corrected chi connectivity index (χ1v) is 14.0. The third kappa shape index (κ3) is 8.44. The Morgan fingerprint density at radius 3 is 2.51 bits per heavy atom. The number of nitrogens with one attached hydrogen (secondary N) is 3. The molecule has 1 aliphatic rings. The molecule has 0 aromatic heterocycles. The van der Waals surface area contributed by atoms with Crippen LogP contribution in [-0.2, 0) is 19.7 Å². The molecule has 3 amide bonds. The molecule has 0 spiro atoms. The number of alkyl carbamates (subject to hydrolysis) is 1. The van der Waals surface area contributed by atoms with E-state index in [1.165, 1.54) is 0 Å². The SMILES string of the molecule is CCCC[C@H](NC(=O)OC(c1ccccc1)C(C)(C)c1cccc(Cl)c1)C(=O)N[C@H](CO)C[C@@H]1CCNC1=O. The summed E-state index contributed by atoms with van der Waals surface area (Å²) in [5.41, 5.74) is 1.07. The molecule has 1 aliphatic heterocycles. The van der Waals surface area contributed by atoms with E-state index in [0.717, 1.165) is 17.5 Å². The van der Waals surface area contributed by atoms with Crippen LogP contribution in [0.2, 0.25) is 5.02 Å². The fourth-order valence-electron chi connectivity index (χ4n) is 4.96. The lowest BCUT2D eigenvalue weighted by Crippen LogP contribution is -2.51. The zero-order valence-corrected chi connectivity index (χ0v) is 23.7. The van der Waals surface area contributed by atoms with Gasteiger partial charge in [0.1, 0.15) is 12.1 Å². The Balaban J connectivity index is 1.75. The number of rotatable bonds is 13. The van der Waals surface area contributed by atoms with Crippen molar-refractivity contribution in [3.8, 4) is 0 Å². The maximum absolute atomic E-state index is 13.3. The van der Waals surface area contributed by atoms with E-state index in [4.69, 9.17) is 16.3 Å². The summed E-state index contributed by atoms with van der Waals surface area (Å²) in [4.78, 5) is 38.5. The summed E-state index contributed by atoms with van der Waals surface area (Å²) in [7, 11) is 0. The van der Waals surface area contributed by atoms with Crippen LogP contribution in [0.25, 0.3) is 0 Å². The van der Waals surface area contributed by atoms with Crippen LogP contribution in [0.4, 0.5) is 4.79 Å². The van der Waals surface area contributed by atoms with Gasteiger partial charge in [0.25, 0.3) is 0 Å². The molecule has 0 aliphatic carbocycles. The van der Waals surface area contributed by atoms with Gasteiger partial charge < -0.3 is 25.8 Å². The number of hydrogen-bond donors (Lipinski definition) is 4. The summed E-state index contributed by atoms with van der Waals surface area (Å²) >= 11 is 6.27. The van der Waals surface area contributed by atoms with Gasteiger partial charge in [0.15, 0.2) is 0 Å². The molecule has 1 unspecified atom stereocenters. The topological polar surface area (TPSA) is 117 Å². The number of carbonyl (C=O) groups excluding carboxylic acids is 3. The molecule has 4 N–H and O–H groups in total. The lowest BCUT2D eigenvalue weighted by atomic mass is 9.76. The fraction of sp³-hybridized carbons (Fsp3) is 0.500. The molecule has 1 heterocycles. The second kappa shape index (κ2) is 14.3. The smallest absolute Gasteiger partial charge is 0.408 e. The predicted molar refractivity (Wildman–Crippen MR) is 151 cm³/mol. The summed E-state index contributed by atoms with van der Waals surface area (Å²) in [6, 6.07) is 15.5. The predicted octanol–water partition coefficient (Wildman–Crippen LogP) is 4.65. The molecule has 3 rings (SSSR count). The minimum Gasteiger partial charge on any atom is -0.440 e. The van der Waals surface area contributed by atoms with Crippen molar-refractivity contribution in [1.29, 1.82) is 0 Å². The van der Waals surface area contributed by atoms with Crippen LogP contribution in [-0.4, -0.2) is 48.2 Å². The van der Waals surface area contributed by atoms with Gasteiger partial charge in [-0.2, -0.15) is 0 Å². The number of benzene rings is 2. The van der Waals surface area contributed by atoms with Gasteiger partial charge in [-0.05, 0) is 42.5 Å². The van der Waals surface area contributed by atoms with Crippen LogP contribution in [0.15, 0.2) is 54.6 Å². The molecule has 212 valence electrons. The fourth-order valence-corrected chi connectivity index (χ4v) is 5.15. The lowest BCUT2D eigenvalue weighted by molar-refractivity contribution is -0.126. The average molecular weight is 558 g/mol. The zero-order chi connectivity index (χ0) is 28.4. The van der Waals surface area contributed by atoms with Crippen molar-refractivity contribution in [3.05, 3.63) is 70.7 Å². The minimum atomic E-state index is -0.852. The maximum atomic E-state index is 13.3. The third-order valence-electron chi connectivity index (χ3n) is 7.30. The summed E-state index contributed by atoms with van der Waals surface area (Å²) in [6.45, 7) is 6.26. The molecule has 4 atom stereocenters. The molecular weight excluding hydrogens is 518 g/mol. The normalized spacial score (nSPS) is 17.6. The number of aliphatic hydroxyl groups excluding tert-OH is 1. The summed E-state index contributed by atoms with van der Waals surface area (Å²) < 4.78 is 6.03. The third-order valence-corrected chi connectivity index (χ3v) is 7.54. The second-order valence-electron chi connectivity index (χ2n) is 10.7. The second-order valence-corrected chi connectivity index (χ2v) is 11.1. The van der Waals surface area contributed by atoms with Crippen molar-refractivity contribution >= 4 is 29.5 Å². The molecule has 1 saturated heterocycles. The number of hydrogen-bond acceptors (Lipinski definition) is 5. The summed E-state index contributed by atoms with van der Waals surface area (Å²) in [5, 5.41) is 18.8. The monoisotopic (exact) mass is 557 g/mol. The Bertz CT molecular complexity index is 1110. The lowest BCUT2D eigenvalue weighted by Gasteiger charge is -2.35. The summed E-state index contributed by atoms with van der Waals surface area (Å²) in [5.74, 6) is -0.737. The molecule has 0 saturated carbocycles. The molecule has 9 heteroatoms. The van der Waals surface area contributed by atoms with Crippen LogP contribution >= 0.6 is 11.6 Å².